The lowest BCUT2D eigenvalue weighted by atomic mass is 10.1. The lowest BCUT2D eigenvalue weighted by Gasteiger charge is -2.05. The second-order valence-electron chi connectivity index (χ2n) is 3.56. The zero-order valence-electron chi connectivity index (χ0n) is 10.3. The smallest absolute Gasteiger partial charge is 0.224 e. The predicted molar refractivity (Wildman–Crippen MR) is 68.3 cm³/mol. The Labute approximate surface area is 106 Å². The van der Waals surface area contributed by atoms with Crippen molar-refractivity contribution in [2.24, 2.45) is 5.11 Å². The number of hydrogen-bond acceptors (Lipinski definition) is 3. The molecule has 1 rings (SSSR count). The van der Waals surface area contributed by atoms with E-state index < -0.39 is 0 Å². The fraction of sp³-hybridized carbons (Fsp3) is 0.417. The normalized spacial score (nSPS) is 9.39. The lowest BCUT2D eigenvalue weighted by molar-refractivity contribution is -0.120. The Bertz CT molecular complexity index is 424. The highest BCUT2D eigenvalue weighted by Crippen LogP contribution is 2.12. The van der Waals surface area contributed by atoms with Crippen LogP contribution in [0.2, 0.25) is 0 Å². The number of hydrogen-bond donors (Lipinski definition) is 1. The van der Waals surface area contributed by atoms with Gasteiger partial charge in [0, 0.05) is 18.0 Å². The van der Waals surface area contributed by atoms with Crippen LogP contribution in [-0.4, -0.2) is 25.6 Å². The Morgan fingerprint density at radius 2 is 2.17 bits per heavy atom. The minimum atomic E-state index is -0.0905. The third-order valence-corrected chi connectivity index (χ3v) is 2.20. The van der Waals surface area contributed by atoms with Crippen molar-refractivity contribution in [2.45, 2.75) is 13.3 Å². The molecule has 0 heterocycles. The van der Waals surface area contributed by atoms with Gasteiger partial charge >= 0.3 is 0 Å². The van der Waals surface area contributed by atoms with Crippen molar-refractivity contribution < 1.29 is 9.53 Å². The zero-order chi connectivity index (χ0) is 13.2. The number of benzene rings is 1. The third kappa shape index (κ3) is 5.23. The van der Waals surface area contributed by atoms with Crippen molar-refractivity contribution in [1.82, 2.24) is 5.32 Å². The molecule has 0 saturated heterocycles. The molecule has 0 aromatic heterocycles. The average molecular weight is 248 g/mol. The second-order valence-corrected chi connectivity index (χ2v) is 3.56. The molecule has 1 amide bonds. The van der Waals surface area contributed by atoms with E-state index in [-0.39, 0.29) is 12.5 Å². The van der Waals surface area contributed by atoms with E-state index in [0.29, 0.717) is 19.6 Å². The number of carbonyl (C=O) groups excluding carboxylic acids is 1. The van der Waals surface area contributed by atoms with Crippen LogP contribution in [0.15, 0.2) is 29.4 Å². The standard InChI is InChI=1S/C12H16N4O2/c1-2-18-11-5-3-10(4-6-11)9-12(17)14-7-8-15-16-13/h3-6H,2,7-9H2,1H3,(H,14,17). The van der Waals surface area contributed by atoms with Gasteiger partial charge in [-0.3, -0.25) is 4.79 Å². The van der Waals surface area contributed by atoms with E-state index in [2.05, 4.69) is 15.3 Å². The molecule has 0 bridgehead atoms. The molecule has 0 aliphatic heterocycles. The first-order chi connectivity index (χ1) is 8.76. The zero-order valence-corrected chi connectivity index (χ0v) is 10.3. The molecular weight excluding hydrogens is 232 g/mol. The Morgan fingerprint density at radius 1 is 1.44 bits per heavy atom. The van der Waals surface area contributed by atoms with Gasteiger partial charge < -0.3 is 10.1 Å². The minimum absolute atomic E-state index is 0.0905. The minimum Gasteiger partial charge on any atom is -0.494 e. The maximum absolute atomic E-state index is 11.5. The largest absolute Gasteiger partial charge is 0.494 e. The molecule has 0 fully saturated rings. The van der Waals surface area contributed by atoms with Gasteiger partial charge in [-0.1, -0.05) is 17.2 Å². The molecule has 0 aliphatic carbocycles. The highest BCUT2D eigenvalue weighted by atomic mass is 16.5. The van der Waals surface area contributed by atoms with Gasteiger partial charge in [0.25, 0.3) is 0 Å². The molecule has 1 aromatic carbocycles. The van der Waals surface area contributed by atoms with Crippen LogP contribution in [0.5, 0.6) is 5.75 Å². The molecule has 0 radical (unpaired) electrons. The van der Waals surface area contributed by atoms with Crippen molar-refractivity contribution in [3.05, 3.63) is 40.3 Å². The lowest BCUT2D eigenvalue weighted by Crippen LogP contribution is -2.27. The SMILES string of the molecule is CCOc1ccc(CC(=O)NCCN=[N+]=[N-])cc1. The fourth-order valence-corrected chi connectivity index (χ4v) is 1.41. The van der Waals surface area contributed by atoms with Gasteiger partial charge in [0.1, 0.15) is 5.75 Å². The maximum Gasteiger partial charge on any atom is 0.224 e. The number of carbonyl (C=O) groups is 1. The summed E-state index contributed by atoms with van der Waals surface area (Å²) in [4.78, 5) is 14.1. The molecule has 96 valence electrons. The van der Waals surface area contributed by atoms with Gasteiger partial charge in [-0.05, 0) is 30.2 Å². The molecule has 0 atom stereocenters. The molecular formula is C12H16N4O2. The molecule has 0 unspecified atom stereocenters. The van der Waals surface area contributed by atoms with E-state index in [1.54, 1.807) is 0 Å². The van der Waals surface area contributed by atoms with Crippen molar-refractivity contribution in [2.75, 3.05) is 19.7 Å². The van der Waals surface area contributed by atoms with Crippen LogP contribution >= 0.6 is 0 Å². The van der Waals surface area contributed by atoms with Crippen molar-refractivity contribution in [3.8, 4) is 5.75 Å². The van der Waals surface area contributed by atoms with Crippen molar-refractivity contribution in [1.29, 1.82) is 0 Å². The Kier molecular flexibility index (Phi) is 6.14. The van der Waals surface area contributed by atoms with Crippen LogP contribution in [0.1, 0.15) is 12.5 Å². The van der Waals surface area contributed by atoms with Gasteiger partial charge in [-0.25, -0.2) is 0 Å². The summed E-state index contributed by atoms with van der Waals surface area (Å²) in [5.74, 6) is 0.706. The molecule has 18 heavy (non-hydrogen) atoms. The summed E-state index contributed by atoms with van der Waals surface area (Å²) in [6.07, 6.45) is 0.308. The number of amides is 1. The molecule has 6 nitrogen and oxygen atoms in total. The van der Waals surface area contributed by atoms with Gasteiger partial charge in [-0.15, -0.1) is 0 Å². The maximum atomic E-state index is 11.5. The number of nitrogens with zero attached hydrogens (tertiary/aromatic N) is 3. The molecule has 0 aliphatic rings. The van der Waals surface area contributed by atoms with Crippen molar-refractivity contribution >= 4 is 5.91 Å². The van der Waals surface area contributed by atoms with Crippen LogP contribution in [0.4, 0.5) is 0 Å². The highest BCUT2D eigenvalue weighted by molar-refractivity contribution is 5.78. The fourth-order valence-electron chi connectivity index (χ4n) is 1.41. The Balaban J connectivity index is 2.37. The second kappa shape index (κ2) is 7.97. The van der Waals surface area contributed by atoms with Crippen LogP contribution in [0.25, 0.3) is 10.4 Å². The summed E-state index contributed by atoms with van der Waals surface area (Å²) in [6, 6.07) is 7.40. The van der Waals surface area contributed by atoms with Crippen LogP contribution in [0, 0.1) is 0 Å². The molecule has 0 saturated carbocycles. The summed E-state index contributed by atoms with van der Waals surface area (Å²) in [6.45, 7) is 3.18. The molecule has 0 spiro atoms. The third-order valence-electron chi connectivity index (χ3n) is 2.20. The van der Waals surface area contributed by atoms with E-state index in [1.165, 1.54) is 0 Å². The summed E-state index contributed by atoms with van der Waals surface area (Å²) >= 11 is 0. The molecule has 6 heteroatoms. The molecule has 1 N–H and O–H groups in total. The van der Waals surface area contributed by atoms with Gasteiger partial charge in [0.05, 0.1) is 13.0 Å². The number of rotatable bonds is 7. The number of azide groups is 1. The van der Waals surface area contributed by atoms with Gasteiger partial charge in [-0.2, -0.15) is 0 Å². The van der Waals surface area contributed by atoms with Crippen LogP contribution in [-0.2, 0) is 11.2 Å². The first-order valence-corrected chi connectivity index (χ1v) is 5.75. The predicted octanol–water partition coefficient (Wildman–Crippen LogP) is 2.05. The van der Waals surface area contributed by atoms with Crippen LogP contribution in [0.3, 0.4) is 0 Å². The topological polar surface area (TPSA) is 87.1 Å². The number of nitrogens with one attached hydrogen (secondary N) is 1. The van der Waals surface area contributed by atoms with E-state index in [0.717, 1.165) is 11.3 Å². The average Bonchev–Trinajstić information content (AvgIpc) is 2.37. The number of ether oxygens (including phenoxy) is 1. The van der Waals surface area contributed by atoms with E-state index in [4.69, 9.17) is 10.3 Å². The first kappa shape index (κ1) is 13.9. The Morgan fingerprint density at radius 3 is 2.78 bits per heavy atom. The summed E-state index contributed by atoms with van der Waals surface area (Å²) in [5.41, 5.74) is 8.99. The summed E-state index contributed by atoms with van der Waals surface area (Å²) in [7, 11) is 0. The van der Waals surface area contributed by atoms with Crippen LogP contribution < -0.4 is 10.1 Å². The highest BCUT2D eigenvalue weighted by Gasteiger charge is 2.02. The van der Waals surface area contributed by atoms with Crippen molar-refractivity contribution in [3.63, 3.8) is 0 Å². The van der Waals surface area contributed by atoms with E-state index in [9.17, 15) is 4.79 Å². The van der Waals surface area contributed by atoms with E-state index in [1.807, 2.05) is 31.2 Å². The Hall–Kier alpha value is -2.20. The summed E-state index contributed by atoms with van der Waals surface area (Å²) < 4.78 is 5.31. The molecule has 1 aromatic rings. The first-order valence-electron chi connectivity index (χ1n) is 5.75. The van der Waals surface area contributed by atoms with Gasteiger partial charge in [0.2, 0.25) is 5.91 Å². The van der Waals surface area contributed by atoms with Gasteiger partial charge in [0.15, 0.2) is 0 Å². The monoisotopic (exact) mass is 248 g/mol. The van der Waals surface area contributed by atoms with E-state index >= 15 is 0 Å². The summed E-state index contributed by atoms with van der Waals surface area (Å²) in [5, 5.41) is 6.00. The quantitative estimate of drug-likeness (QED) is 0.346.